The Labute approximate surface area is 166 Å². The van der Waals surface area contributed by atoms with Crippen molar-refractivity contribution >= 4 is 23.4 Å². The SMILES string of the molecule is CCC(C)c1ccccc1NC(=O)C(C)Sc1nc(C)c(C)n1CCOC. The zero-order valence-corrected chi connectivity index (χ0v) is 18.0. The van der Waals surface area contributed by atoms with Gasteiger partial charge in [0, 0.05) is 25.0 Å². The molecule has 0 saturated carbocycles. The summed E-state index contributed by atoms with van der Waals surface area (Å²) in [4.78, 5) is 17.4. The van der Waals surface area contributed by atoms with E-state index in [2.05, 4.69) is 41.7 Å². The Morgan fingerprint density at radius 2 is 2.00 bits per heavy atom. The molecular formula is C21H31N3O2S. The van der Waals surface area contributed by atoms with Crippen LogP contribution in [0, 0.1) is 13.8 Å². The molecular weight excluding hydrogens is 358 g/mol. The Morgan fingerprint density at radius 3 is 2.67 bits per heavy atom. The predicted molar refractivity (Wildman–Crippen MR) is 113 cm³/mol. The summed E-state index contributed by atoms with van der Waals surface area (Å²) in [5.41, 5.74) is 4.19. The number of anilines is 1. The lowest BCUT2D eigenvalue weighted by Gasteiger charge is -2.18. The van der Waals surface area contributed by atoms with Crippen LogP contribution >= 0.6 is 11.8 Å². The molecule has 0 bridgehead atoms. The third kappa shape index (κ3) is 5.36. The first-order valence-corrected chi connectivity index (χ1v) is 10.4. The van der Waals surface area contributed by atoms with Gasteiger partial charge in [-0.2, -0.15) is 0 Å². The molecule has 1 heterocycles. The number of aryl methyl sites for hydroxylation is 1. The van der Waals surface area contributed by atoms with E-state index in [1.165, 1.54) is 17.3 Å². The topological polar surface area (TPSA) is 56.2 Å². The van der Waals surface area contributed by atoms with Crippen molar-refractivity contribution in [3.05, 3.63) is 41.2 Å². The van der Waals surface area contributed by atoms with Crippen LogP contribution in [0.5, 0.6) is 0 Å². The summed E-state index contributed by atoms with van der Waals surface area (Å²) in [7, 11) is 1.69. The number of ether oxygens (including phenoxy) is 1. The van der Waals surface area contributed by atoms with E-state index < -0.39 is 0 Å². The van der Waals surface area contributed by atoms with Gasteiger partial charge in [-0.1, -0.05) is 43.8 Å². The van der Waals surface area contributed by atoms with Crippen LogP contribution in [0.3, 0.4) is 0 Å². The second kappa shape index (κ2) is 9.95. The molecule has 27 heavy (non-hydrogen) atoms. The molecule has 2 aromatic rings. The Bertz CT molecular complexity index is 773. The van der Waals surface area contributed by atoms with Crippen molar-refractivity contribution in [1.29, 1.82) is 0 Å². The number of nitrogens with one attached hydrogen (secondary N) is 1. The highest BCUT2D eigenvalue weighted by Crippen LogP contribution is 2.29. The van der Waals surface area contributed by atoms with E-state index in [1.807, 2.05) is 32.0 Å². The van der Waals surface area contributed by atoms with Gasteiger partial charge in [0.25, 0.3) is 0 Å². The molecule has 0 aliphatic heterocycles. The molecule has 0 aliphatic rings. The lowest BCUT2D eigenvalue weighted by molar-refractivity contribution is -0.115. The number of para-hydroxylation sites is 1. The zero-order chi connectivity index (χ0) is 20.0. The average Bonchev–Trinajstić information content (AvgIpc) is 2.92. The van der Waals surface area contributed by atoms with Crippen molar-refractivity contribution < 1.29 is 9.53 Å². The van der Waals surface area contributed by atoms with E-state index in [0.717, 1.165) is 35.2 Å². The number of carbonyl (C=O) groups is 1. The van der Waals surface area contributed by atoms with E-state index >= 15 is 0 Å². The second-order valence-corrected chi connectivity index (χ2v) is 8.16. The number of aromatic nitrogens is 2. The first-order chi connectivity index (χ1) is 12.9. The first kappa shape index (κ1) is 21.5. The van der Waals surface area contributed by atoms with E-state index in [1.54, 1.807) is 7.11 Å². The van der Waals surface area contributed by atoms with Gasteiger partial charge in [0.2, 0.25) is 5.91 Å². The van der Waals surface area contributed by atoms with Gasteiger partial charge in [-0.05, 0) is 44.7 Å². The number of nitrogens with zero attached hydrogens (tertiary/aromatic N) is 2. The Morgan fingerprint density at radius 1 is 1.30 bits per heavy atom. The molecule has 0 fully saturated rings. The summed E-state index contributed by atoms with van der Waals surface area (Å²) in [5, 5.41) is 3.72. The normalized spacial score (nSPS) is 13.4. The molecule has 2 unspecified atom stereocenters. The van der Waals surface area contributed by atoms with Crippen LogP contribution in [0.4, 0.5) is 5.69 Å². The van der Waals surface area contributed by atoms with Crippen molar-refractivity contribution in [2.75, 3.05) is 19.0 Å². The fraction of sp³-hybridized carbons (Fsp3) is 0.524. The van der Waals surface area contributed by atoms with Crippen molar-refractivity contribution in [2.45, 2.75) is 63.9 Å². The molecule has 0 radical (unpaired) electrons. The molecule has 2 atom stereocenters. The summed E-state index contributed by atoms with van der Waals surface area (Å²) in [6, 6.07) is 8.05. The number of thioether (sulfide) groups is 1. The van der Waals surface area contributed by atoms with Crippen molar-refractivity contribution in [3.63, 3.8) is 0 Å². The molecule has 5 nitrogen and oxygen atoms in total. The summed E-state index contributed by atoms with van der Waals surface area (Å²) in [6.07, 6.45) is 1.03. The second-order valence-electron chi connectivity index (χ2n) is 6.86. The molecule has 2 rings (SSSR count). The molecule has 0 saturated heterocycles. The zero-order valence-electron chi connectivity index (χ0n) is 17.2. The van der Waals surface area contributed by atoms with Crippen LogP contribution in [-0.2, 0) is 16.1 Å². The summed E-state index contributed by atoms with van der Waals surface area (Å²) >= 11 is 1.49. The maximum absolute atomic E-state index is 12.8. The number of rotatable bonds is 9. The van der Waals surface area contributed by atoms with Gasteiger partial charge in [-0.3, -0.25) is 4.79 Å². The number of amides is 1. The quantitative estimate of drug-likeness (QED) is 0.627. The van der Waals surface area contributed by atoms with Crippen molar-refractivity contribution in [1.82, 2.24) is 9.55 Å². The summed E-state index contributed by atoms with van der Waals surface area (Å²) in [6.45, 7) is 11.7. The predicted octanol–water partition coefficient (Wildman–Crippen LogP) is 4.78. The lowest BCUT2D eigenvalue weighted by Crippen LogP contribution is -2.24. The fourth-order valence-electron chi connectivity index (χ4n) is 2.87. The highest BCUT2D eigenvalue weighted by atomic mass is 32.2. The van der Waals surface area contributed by atoms with Gasteiger partial charge in [0.05, 0.1) is 17.6 Å². The fourth-order valence-corrected chi connectivity index (χ4v) is 3.89. The molecule has 0 aliphatic carbocycles. The van der Waals surface area contributed by atoms with Crippen LogP contribution < -0.4 is 5.32 Å². The summed E-state index contributed by atoms with van der Waals surface area (Å²) < 4.78 is 7.33. The standard InChI is InChI=1S/C21H31N3O2S/c1-7-14(2)18-10-8-9-11-19(18)23-20(25)17(5)27-21-22-15(3)16(4)24(21)12-13-26-6/h8-11,14,17H,7,12-13H2,1-6H3,(H,23,25). The van der Waals surface area contributed by atoms with Crippen LogP contribution in [0.15, 0.2) is 29.4 Å². The van der Waals surface area contributed by atoms with Gasteiger partial charge >= 0.3 is 0 Å². The Kier molecular flexibility index (Phi) is 7.92. The number of carbonyl (C=O) groups excluding carboxylic acids is 1. The number of hydrogen-bond donors (Lipinski definition) is 1. The van der Waals surface area contributed by atoms with Crippen molar-refractivity contribution in [2.24, 2.45) is 0 Å². The molecule has 1 amide bonds. The van der Waals surface area contributed by atoms with Gasteiger partial charge in [0.1, 0.15) is 0 Å². The number of hydrogen-bond acceptors (Lipinski definition) is 4. The molecule has 1 aromatic carbocycles. The molecule has 0 spiro atoms. The smallest absolute Gasteiger partial charge is 0.237 e. The molecule has 6 heteroatoms. The van der Waals surface area contributed by atoms with Gasteiger partial charge < -0.3 is 14.6 Å². The number of methoxy groups -OCH3 is 1. The van der Waals surface area contributed by atoms with Gasteiger partial charge in [0.15, 0.2) is 5.16 Å². The van der Waals surface area contributed by atoms with E-state index in [4.69, 9.17) is 4.74 Å². The van der Waals surface area contributed by atoms with Crippen LogP contribution in [0.2, 0.25) is 0 Å². The lowest BCUT2D eigenvalue weighted by atomic mass is 9.97. The molecule has 1 aromatic heterocycles. The highest BCUT2D eigenvalue weighted by Gasteiger charge is 2.21. The first-order valence-electron chi connectivity index (χ1n) is 9.48. The van der Waals surface area contributed by atoms with Crippen molar-refractivity contribution in [3.8, 4) is 0 Å². The maximum atomic E-state index is 12.8. The van der Waals surface area contributed by atoms with E-state index in [-0.39, 0.29) is 11.2 Å². The minimum absolute atomic E-state index is 0.00708. The number of imidazole rings is 1. The number of benzene rings is 1. The third-order valence-electron chi connectivity index (χ3n) is 4.96. The van der Waals surface area contributed by atoms with Crippen LogP contribution in [-0.4, -0.2) is 34.4 Å². The van der Waals surface area contributed by atoms with Gasteiger partial charge in [-0.15, -0.1) is 0 Å². The minimum Gasteiger partial charge on any atom is -0.383 e. The van der Waals surface area contributed by atoms with Crippen LogP contribution in [0.1, 0.15) is 50.1 Å². The Balaban J connectivity index is 2.12. The van der Waals surface area contributed by atoms with Gasteiger partial charge in [-0.25, -0.2) is 4.98 Å². The highest BCUT2D eigenvalue weighted by molar-refractivity contribution is 8.00. The van der Waals surface area contributed by atoms with E-state index in [0.29, 0.717) is 12.5 Å². The van der Waals surface area contributed by atoms with E-state index in [9.17, 15) is 4.79 Å². The minimum atomic E-state index is -0.252. The Hall–Kier alpha value is -1.79. The maximum Gasteiger partial charge on any atom is 0.237 e. The summed E-state index contributed by atoms with van der Waals surface area (Å²) in [5.74, 6) is 0.398. The average molecular weight is 390 g/mol. The largest absolute Gasteiger partial charge is 0.383 e. The van der Waals surface area contributed by atoms with Crippen LogP contribution in [0.25, 0.3) is 0 Å². The third-order valence-corrected chi connectivity index (χ3v) is 6.05. The molecule has 1 N–H and O–H groups in total. The monoisotopic (exact) mass is 389 g/mol. The molecule has 148 valence electrons.